The molecule has 3 rings (SSSR count). The molecule has 4 heteroatoms. The Kier molecular flexibility index (Phi) is 3.83. The quantitative estimate of drug-likeness (QED) is 0.902. The minimum absolute atomic E-state index is 0.218. The van der Waals surface area contributed by atoms with Crippen molar-refractivity contribution in [1.82, 2.24) is 15.3 Å². The fourth-order valence-corrected chi connectivity index (χ4v) is 2.90. The van der Waals surface area contributed by atoms with E-state index >= 15 is 0 Å². The Bertz CT molecular complexity index is 585. The number of hydrogen-bond acceptors (Lipinski definition) is 2. The van der Waals surface area contributed by atoms with Crippen molar-refractivity contribution in [3.8, 4) is 11.3 Å². The first kappa shape index (κ1) is 13.3. The molecule has 1 aliphatic heterocycles. The van der Waals surface area contributed by atoms with Crippen LogP contribution in [0.25, 0.3) is 11.3 Å². The summed E-state index contributed by atoms with van der Waals surface area (Å²) in [5, 5.41) is 3.38. The van der Waals surface area contributed by atoms with Crippen LogP contribution in [0.4, 0.5) is 4.39 Å². The van der Waals surface area contributed by atoms with E-state index in [0.29, 0.717) is 5.92 Å². The van der Waals surface area contributed by atoms with Crippen LogP contribution >= 0.6 is 0 Å². The molecular weight excluding hydrogens is 253 g/mol. The van der Waals surface area contributed by atoms with Crippen molar-refractivity contribution in [3.63, 3.8) is 0 Å². The molecule has 20 heavy (non-hydrogen) atoms. The van der Waals surface area contributed by atoms with Gasteiger partial charge in [0.1, 0.15) is 11.6 Å². The maximum absolute atomic E-state index is 13.3. The van der Waals surface area contributed by atoms with Crippen LogP contribution in [-0.4, -0.2) is 23.1 Å². The number of nitrogens with zero attached hydrogens (tertiary/aromatic N) is 1. The predicted molar refractivity (Wildman–Crippen MR) is 78.0 cm³/mol. The number of piperidine rings is 1. The maximum atomic E-state index is 13.3. The molecule has 0 spiro atoms. The van der Waals surface area contributed by atoms with Crippen molar-refractivity contribution in [2.45, 2.75) is 26.2 Å². The molecule has 0 saturated carbocycles. The van der Waals surface area contributed by atoms with Crippen LogP contribution in [-0.2, 0) is 6.42 Å². The van der Waals surface area contributed by atoms with Crippen LogP contribution in [0.15, 0.2) is 24.3 Å². The third kappa shape index (κ3) is 2.90. The van der Waals surface area contributed by atoms with Gasteiger partial charge in [0.25, 0.3) is 0 Å². The first-order valence-corrected chi connectivity index (χ1v) is 7.24. The molecule has 3 nitrogen and oxygen atoms in total. The lowest BCUT2D eigenvalue weighted by atomic mass is 9.94. The van der Waals surface area contributed by atoms with E-state index in [-0.39, 0.29) is 5.82 Å². The Morgan fingerprint density at radius 2 is 2.10 bits per heavy atom. The largest absolute Gasteiger partial charge is 0.346 e. The van der Waals surface area contributed by atoms with Gasteiger partial charge in [0.15, 0.2) is 0 Å². The smallest absolute Gasteiger partial charge is 0.123 e. The Morgan fingerprint density at radius 1 is 1.30 bits per heavy atom. The number of imidazole rings is 1. The first-order valence-electron chi connectivity index (χ1n) is 7.24. The molecule has 0 unspecified atom stereocenters. The highest BCUT2D eigenvalue weighted by Crippen LogP contribution is 2.24. The molecule has 2 N–H and O–H groups in total. The lowest BCUT2D eigenvalue weighted by molar-refractivity contribution is 0.368. The second-order valence-electron chi connectivity index (χ2n) is 5.56. The number of nitrogens with one attached hydrogen (secondary N) is 2. The van der Waals surface area contributed by atoms with E-state index in [2.05, 4.69) is 15.3 Å². The van der Waals surface area contributed by atoms with Gasteiger partial charge in [-0.2, -0.15) is 0 Å². The third-order valence-electron chi connectivity index (χ3n) is 3.97. The van der Waals surface area contributed by atoms with Gasteiger partial charge in [-0.05, 0) is 50.9 Å². The van der Waals surface area contributed by atoms with E-state index in [9.17, 15) is 4.39 Å². The standard InChI is InChI=1S/C16H20FN3/c1-11-16(13-3-2-4-14(17)10-13)20-15(19-11)9-12-5-7-18-8-6-12/h2-4,10,12,18H,5-9H2,1H3,(H,19,20). The Hall–Kier alpha value is -1.68. The molecule has 1 saturated heterocycles. The van der Waals surface area contributed by atoms with Gasteiger partial charge in [-0.25, -0.2) is 9.37 Å². The van der Waals surface area contributed by atoms with Crippen molar-refractivity contribution in [3.05, 3.63) is 41.6 Å². The average Bonchev–Trinajstić information content (AvgIpc) is 2.81. The summed E-state index contributed by atoms with van der Waals surface area (Å²) in [5.41, 5.74) is 2.73. The van der Waals surface area contributed by atoms with E-state index in [1.54, 1.807) is 6.07 Å². The average molecular weight is 273 g/mol. The lowest BCUT2D eigenvalue weighted by Crippen LogP contribution is -2.28. The lowest BCUT2D eigenvalue weighted by Gasteiger charge is -2.21. The molecular formula is C16H20FN3. The predicted octanol–water partition coefficient (Wildman–Crippen LogP) is 3.07. The van der Waals surface area contributed by atoms with E-state index < -0.39 is 0 Å². The van der Waals surface area contributed by atoms with Gasteiger partial charge in [-0.3, -0.25) is 0 Å². The zero-order chi connectivity index (χ0) is 13.9. The number of aromatic amines is 1. The van der Waals surface area contributed by atoms with Gasteiger partial charge in [-0.15, -0.1) is 0 Å². The fraction of sp³-hybridized carbons (Fsp3) is 0.438. The number of aryl methyl sites for hydroxylation is 1. The number of hydrogen-bond donors (Lipinski definition) is 2. The maximum Gasteiger partial charge on any atom is 0.123 e. The van der Waals surface area contributed by atoms with Crippen LogP contribution in [0, 0.1) is 18.7 Å². The zero-order valence-electron chi connectivity index (χ0n) is 11.7. The van der Waals surface area contributed by atoms with Gasteiger partial charge < -0.3 is 10.3 Å². The highest BCUT2D eigenvalue weighted by atomic mass is 19.1. The molecule has 2 aromatic rings. The minimum atomic E-state index is -0.218. The summed E-state index contributed by atoms with van der Waals surface area (Å²) in [6.45, 7) is 4.20. The van der Waals surface area contributed by atoms with Gasteiger partial charge in [0, 0.05) is 17.7 Å². The monoisotopic (exact) mass is 273 g/mol. The van der Waals surface area contributed by atoms with Crippen molar-refractivity contribution in [2.75, 3.05) is 13.1 Å². The minimum Gasteiger partial charge on any atom is -0.346 e. The van der Waals surface area contributed by atoms with Gasteiger partial charge in [0.2, 0.25) is 0 Å². The third-order valence-corrected chi connectivity index (χ3v) is 3.97. The summed E-state index contributed by atoms with van der Waals surface area (Å²) in [4.78, 5) is 8.03. The van der Waals surface area contributed by atoms with E-state index in [4.69, 9.17) is 0 Å². The van der Waals surface area contributed by atoms with Crippen LogP contribution in [0.3, 0.4) is 0 Å². The van der Waals surface area contributed by atoms with Crippen LogP contribution in [0.2, 0.25) is 0 Å². The summed E-state index contributed by atoms with van der Waals surface area (Å²) in [7, 11) is 0. The normalized spacial score (nSPS) is 16.5. The number of H-pyrrole nitrogens is 1. The summed E-state index contributed by atoms with van der Waals surface area (Å²) in [6.07, 6.45) is 3.39. The highest BCUT2D eigenvalue weighted by molar-refractivity contribution is 5.61. The molecule has 106 valence electrons. The van der Waals surface area contributed by atoms with Gasteiger partial charge >= 0.3 is 0 Å². The van der Waals surface area contributed by atoms with Crippen molar-refractivity contribution >= 4 is 0 Å². The van der Waals surface area contributed by atoms with Crippen molar-refractivity contribution in [2.24, 2.45) is 5.92 Å². The summed E-state index contributed by atoms with van der Waals surface area (Å²) < 4.78 is 13.3. The second-order valence-corrected chi connectivity index (χ2v) is 5.56. The topological polar surface area (TPSA) is 40.7 Å². The Morgan fingerprint density at radius 3 is 2.85 bits per heavy atom. The fourth-order valence-electron chi connectivity index (χ4n) is 2.90. The van der Waals surface area contributed by atoms with Crippen molar-refractivity contribution < 1.29 is 4.39 Å². The van der Waals surface area contributed by atoms with Crippen LogP contribution < -0.4 is 5.32 Å². The number of benzene rings is 1. The highest BCUT2D eigenvalue weighted by Gasteiger charge is 2.17. The molecule has 0 radical (unpaired) electrons. The summed E-state index contributed by atoms with van der Waals surface area (Å²) in [6, 6.07) is 6.63. The number of halogens is 1. The van der Waals surface area contributed by atoms with E-state index in [0.717, 1.165) is 42.3 Å². The first-order chi connectivity index (χ1) is 9.72. The van der Waals surface area contributed by atoms with Crippen LogP contribution in [0.5, 0.6) is 0 Å². The molecule has 1 aromatic heterocycles. The Labute approximate surface area is 118 Å². The van der Waals surface area contributed by atoms with E-state index in [1.165, 1.54) is 25.0 Å². The molecule has 2 heterocycles. The Balaban J connectivity index is 1.80. The number of rotatable bonds is 3. The number of aromatic nitrogens is 2. The summed E-state index contributed by atoms with van der Waals surface area (Å²) >= 11 is 0. The SMILES string of the molecule is Cc1[nH]c(CC2CCNCC2)nc1-c1cccc(F)c1. The molecule has 1 fully saturated rings. The molecule has 0 aliphatic carbocycles. The summed E-state index contributed by atoms with van der Waals surface area (Å²) in [5.74, 6) is 1.50. The zero-order valence-corrected chi connectivity index (χ0v) is 11.7. The van der Waals surface area contributed by atoms with Crippen molar-refractivity contribution in [1.29, 1.82) is 0 Å². The van der Waals surface area contributed by atoms with Crippen LogP contribution in [0.1, 0.15) is 24.4 Å². The second kappa shape index (κ2) is 5.75. The molecule has 1 aromatic carbocycles. The van der Waals surface area contributed by atoms with E-state index in [1.807, 2.05) is 13.0 Å². The van der Waals surface area contributed by atoms with Gasteiger partial charge in [-0.1, -0.05) is 12.1 Å². The molecule has 0 amide bonds. The molecule has 1 aliphatic rings. The molecule has 0 bridgehead atoms. The van der Waals surface area contributed by atoms with Gasteiger partial charge in [0.05, 0.1) is 5.69 Å². The molecule has 0 atom stereocenters.